The van der Waals surface area contributed by atoms with Crippen molar-refractivity contribution < 1.29 is 28.6 Å². The predicted molar refractivity (Wildman–Crippen MR) is 101 cm³/mol. The van der Waals surface area contributed by atoms with Gasteiger partial charge in [0.15, 0.2) is 5.95 Å². The largest absolute Gasteiger partial charge is 0.538 e. The van der Waals surface area contributed by atoms with E-state index < -0.39 is 11.2 Å². The molecule has 1 unspecified atom stereocenters. The third-order valence-corrected chi connectivity index (χ3v) is 4.98. The molecular weight excluding hydrogens is 382 g/mol. The van der Waals surface area contributed by atoms with Crippen molar-refractivity contribution in [1.82, 2.24) is 5.27 Å². The highest BCUT2D eigenvalue weighted by Crippen LogP contribution is 2.29. The van der Waals surface area contributed by atoms with E-state index in [9.17, 15) is 9.90 Å². The number of ether oxygens (including phenoxy) is 2. The van der Waals surface area contributed by atoms with Crippen LogP contribution < -0.4 is 24.6 Å². The molecule has 9 heteroatoms. The van der Waals surface area contributed by atoms with Crippen molar-refractivity contribution in [2.45, 2.75) is 17.2 Å². The van der Waals surface area contributed by atoms with Crippen LogP contribution >= 0.6 is 11.8 Å². The Morgan fingerprint density at radius 3 is 2.43 bits per heavy atom. The summed E-state index contributed by atoms with van der Waals surface area (Å²) in [6.45, 7) is 1.69. The second-order valence-electron chi connectivity index (χ2n) is 5.76. The highest BCUT2D eigenvalue weighted by Gasteiger charge is 2.26. The van der Waals surface area contributed by atoms with Gasteiger partial charge in [0.2, 0.25) is 11.6 Å². The molecule has 0 spiro atoms. The van der Waals surface area contributed by atoms with Gasteiger partial charge in [-0.25, -0.2) is 0 Å². The summed E-state index contributed by atoms with van der Waals surface area (Å²) in [5.41, 5.74) is 1.19. The molecule has 146 valence electrons. The van der Waals surface area contributed by atoms with Crippen LogP contribution in [-0.2, 0) is 4.79 Å². The van der Waals surface area contributed by atoms with Crippen molar-refractivity contribution in [2.75, 3.05) is 19.5 Å². The number of carbonyl (C=O) groups is 1. The van der Waals surface area contributed by atoms with Crippen LogP contribution in [0.5, 0.6) is 17.4 Å². The predicted octanol–water partition coefficient (Wildman–Crippen LogP) is 2.16. The molecule has 0 bridgehead atoms. The normalized spacial score (nSPS) is 11.7. The maximum atomic E-state index is 12.6. The third-order valence-electron chi connectivity index (χ3n) is 3.85. The van der Waals surface area contributed by atoms with Crippen LogP contribution in [0.4, 0.5) is 5.69 Å². The van der Waals surface area contributed by atoms with Crippen molar-refractivity contribution in [3.05, 3.63) is 48.5 Å². The number of thioether (sulfide) groups is 1. The van der Waals surface area contributed by atoms with Gasteiger partial charge in [-0.15, -0.1) is 0 Å². The van der Waals surface area contributed by atoms with E-state index in [1.165, 1.54) is 18.9 Å². The van der Waals surface area contributed by atoms with E-state index in [-0.39, 0.29) is 10.9 Å². The molecule has 1 atom stereocenters. The number of amides is 1. The summed E-state index contributed by atoms with van der Waals surface area (Å²) < 4.78 is 16.6. The van der Waals surface area contributed by atoms with E-state index in [4.69, 9.17) is 14.0 Å². The van der Waals surface area contributed by atoms with Crippen molar-refractivity contribution in [3.8, 4) is 23.1 Å². The lowest BCUT2D eigenvalue weighted by molar-refractivity contribution is -0.705. The fraction of sp³-hybridized carbons (Fsp3) is 0.211. The van der Waals surface area contributed by atoms with Gasteiger partial charge in [0.1, 0.15) is 11.5 Å². The Labute approximate surface area is 166 Å². The average molecular weight is 401 g/mol. The molecule has 1 heterocycles. The van der Waals surface area contributed by atoms with Gasteiger partial charge >= 0.3 is 0 Å². The van der Waals surface area contributed by atoms with E-state index in [0.717, 1.165) is 11.8 Å². The number of para-hydroxylation sites is 1. The van der Waals surface area contributed by atoms with Crippen LogP contribution in [0.25, 0.3) is 5.69 Å². The minimum Gasteiger partial charge on any atom is -0.538 e. The van der Waals surface area contributed by atoms with E-state index >= 15 is 0 Å². The zero-order valence-electron chi connectivity index (χ0n) is 15.5. The summed E-state index contributed by atoms with van der Waals surface area (Å²) in [7, 11) is 3.06. The molecule has 1 aromatic heterocycles. The van der Waals surface area contributed by atoms with Crippen LogP contribution in [0.15, 0.2) is 58.1 Å². The van der Waals surface area contributed by atoms with Crippen molar-refractivity contribution in [1.29, 1.82) is 0 Å². The number of aromatic nitrogens is 2. The van der Waals surface area contributed by atoms with E-state index in [0.29, 0.717) is 22.9 Å². The van der Waals surface area contributed by atoms with Crippen LogP contribution in [-0.4, -0.2) is 30.6 Å². The summed E-state index contributed by atoms with van der Waals surface area (Å²) in [4.78, 5) is 12.6. The topological polar surface area (TPSA) is 101 Å². The molecule has 2 aromatic carbocycles. The minimum absolute atomic E-state index is 0.220. The zero-order chi connectivity index (χ0) is 20.1. The molecule has 0 aliphatic rings. The smallest absolute Gasteiger partial charge is 0.298 e. The number of benzene rings is 2. The molecular formula is C19H19N3O5S. The van der Waals surface area contributed by atoms with Crippen LogP contribution in [0.2, 0.25) is 0 Å². The number of methoxy groups -OCH3 is 2. The second kappa shape index (κ2) is 8.66. The molecule has 0 aliphatic carbocycles. The lowest BCUT2D eigenvalue weighted by Gasteiger charge is -2.12. The number of carbonyl (C=O) groups excluding carboxylic acids is 1. The van der Waals surface area contributed by atoms with Crippen LogP contribution in [0.3, 0.4) is 0 Å². The van der Waals surface area contributed by atoms with Gasteiger partial charge in [0.05, 0.1) is 24.7 Å². The van der Waals surface area contributed by atoms with E-state index in [2.05, 4.69) is 10.6 Å². The first kappa shape index (κ1) is 19.6. The minimum atomic E-state index is -0.600. The molecule has 0 saturated carbocycles. The summed E-state index contributed by atoms with van der Waals surface area (Å²) in [6, 6.07) is 14.1. The quantitative estimate of drug-likeness (QED) is 0.478. The van der Waals surface area contributed by atoms with Gasteiger partial charge in [0.25, 0.3) is 5.03 Å². The van der Waals surface area contributed by atoms with Gasteiger partial charge < -0.3 is 24.4 Å². The first-order chi connectivity index (χ1) is 13.5. The molecule has 3 rings (SSSR count). The Hall–Kier alpha value is -3.20. The standard InChI is InChI=1S/C19H19N3O5S/c1-12(17(23)20-13-9-15(25-2)11-16(10-13)26-3)28-18-19(24)27-21-22(18)14-7-5-4-6-8-14/h4-12H,1-3H3,(H-,20,21,23,24). The number of nitrogens with one attached hydrogen (secondary N) is 1. The Morgan fingerprint density at radius 1 is 1.18 bits per heavy atom. The van der Waals surface area contributed by atoms with Crippen molar-refractivity contribution in [2.24, 2.45) is 0 Å². The first-order valence-electron chi connectivity index (χ1n) is 8.37. The highest BCUT2D eigenvalue weighted by atomic mass is 32.2. The Bertz CT molecular complexity index is 939. The number of rotatable bonds is 7. The van der Waals surface area contributed by atoms with Gasteiger partial charge in [-0.05, 0) is 23.4 Å². The van der Waals surface area contributed by atoms with Gasteiger partial charge in [-0.3, -0.25) is 4.79 Å². The molecule has 8 nitrogen and oxygen atoms in total. The monoisotopic (exact) mass is 401 g/mol. The maximum Gasteiger partial charge on any atom is 0.298 e. The lowest BCUT2D eigenvalue weighted by atomic mass is 10.2. The summed E-state index contributed by atoms with van der Waals surface area (Å²) in [6.07, 6.45) is 0. The molecule has 0 saturated heterocycles. The fourth-order valence-corrected chi connectivity index (χ4v) is 3.29. The van der Waals surface area contributed by atoms with Crippen LogP contribution in [0, 0.1) is 0 Å². The molecule has 0 aliphatic heterocycles. The SMILES string of the molecule is COc1cc(NC(=O)C(C)Sc2c([O-])on[n+]2-c2ccccc2)cc(OC)c1. The molecule has 1 N–H and O–H groups in total. The maximum absolute atomic E-state index is 12.6. The summed E-state index contributed by atoms with van der Waals surface area (Å²) in [5, 5.41) is 18.3. The summed E-state index contributed by atoms with van der Waals surface area (Å²) >= 11 is 1.07. The van der Waals surface area contributed by atoms with Crippen molar-refractivity contribution >= 4 is 23.4 Å². The van der Waals surface area contributed by atoms with E-state index in [1.807, 2.05) is 18.2 Å². The average Bonchev–Trinajstić information content (AvgIpc) is 3.08. The number of nitrogens with zero attached hydrogens (tertiary/aromatic N) is 2. The molecule has 0 radical (unpaired) electrons. The first-order valence-corrected chi connectivity index (χ1v) is 9.25. The Kier molecular flexibility index (Phi) is 6.05. The molecule has 0 fully saturated rings. The van der Waals surface area contributed by atoms with Gasteiger partial charge in [0, 0.05) is 36.0 Å². The third kappa shape index (κ3) is 4.37. The lowest BCUT2D eigenvalue weighted by Crippen LogP contribution is -2.36. The number of hydrogen-bond acceptors (Lipinski definition) is 7. The fourth-order valence-electron chi connectivity index (χ4n) is 2.42. The second-order valence-corrected chi connectivity index (χ2v) is 7.09. The molecule has 3 aromatic rings. The Morgan fingerprint density at radius 2 is 1.82 bits per heavy atom. The molecule has 1 amide bonds. The van der Waals surface area contributed by atoms with E-state index in [1.54, 1.807) is 37.3 Å². The number of hydrogen-bond donors (Lipinski definition) is 1. The van der Waals surface area contributed by atoms with Crippen molar-refractivity contribution in [3.63, 3.8) is 0 Å². The molecule has 28 heavy (non-hydrogen) atoms. The van der Waals surface area contributed by atoms with Gasteiger partial charge in [-0.2, -0.15) is 0 Å². The zero-order valence-corrected chi connectivity index (χ0v) is 16.4. The highest BCUT2D eigenvalue weighted by molar-refractivity contribution is 8.00. The Balaban J connectivity index is 1.76. The van der Waals surface area contributed by atoms with Gasteiger partial charge in [-0.1, -0.05) is 18.2 Å². The number of anilines is 1. The van der Waals surface area contributed by atoms with Crippen LogP contribution in [0.1, 0.15) is 6.92 Å². The summed E-state index contributed by atoms with van der Waals surface area (Å²) in [5.74, 6) is 0.215.